The van der Waals surface area contributed by atoms with E-state index in [0.717, 1.165) is 5.56 Å². The zero-order valence-corrected chi connectivity index (χ0v) is 11.9. The molecule has 1 aliphatic heterocycles. The van der Waals surface area contributed by atoms with E-state index in [4.69, 9.17) is 9.15 Å². The first-order valence-electron chi connectivity index (χ1n) is 7.09. The number of hydrogen-bond donors (Lipinski definition) is 0. The molecule has 1 saturated heterocycles. The molecule has 1 aromatic rings. The quantitative estimate of drug-likeness (QED) is 0.738. The van der Waals surface area contributed by atoms with Gasteiger partial charge in [0.1, 0.15) is 17.5 Å². The average Bonchev–Trinajstić information content (AvgIpc) is 2.84. The fraction of sp³-hybridized carbons (Fsp3) is 0.625. The highest BCUT2D eigenvalue weighted by molar-refractivity contribution is 6.00. The molecule has 3 aliphatic rings. The third-order valence-electron chi connectivity index (χ3n) is 5.73. The van der Waals surface area contributed by atoms with Crippen molar-refractivity contribution in [1.29, 1.82) is 0 Å². The van der Waals surface area contributed by atoms with Crippen LogP contribution in [0.25, 0.3) is 0 Å². The molecule has 2 saturated carbocycles. The van der Waals surface area contributed by atoms with E-state index in [1.165, 1.54) is 0 Å². The van der Waals surface area contributed by atoms with E-state index in [1.807, 2.05) is 26.8 Å². The molecule has 4 rings (SSSR count). The molecule has 0 bridgehead atoms. The van der Waals surface area contributed by atoms with E-state index < -0.39 is 11.0 Å². The summed E-state index contributed by atoms with van der Waals surface area (Å²) in [5.41, 5.74) is -0.363. The zero-order chi connectivity index (χ0) is 14.3. The lowest BCUT2D eigenvalue weighted by atomic mass is 9.54. The SMILES string of the molecule is CC1(C)CC(=O)C[C@@]2(C)[C@H](c3ccoc3)C(=O)[C@H]3O[C@@]312. The highest BCUT2D eigenvalue weighted by Crippen LogP contribution is 2.74. The summed E-state index contributed by atoms with van der Waals surface area (Å²) < 4.78 is 11.1. The lowest BCUT2D eigenvalue weighted by molar-refractivity contribution is -0.139. The van der Waals surface area contributed by atoms with Gasteiger partial charge in [0.25, 0.3) is 0 Å². The molecule has 2 aliphatic carbocycles. The van der Waals surface area contributed by atoms with Crippen LogP contribution < -0.4 is 0 Å². The summed E-state index contributed by atoms with van der Waals surface area (Å²) in [5, 5.41) is 0. The summed E-state index contributed by atoms with van der Waals surface area (Å²) in [5.74, 6) is 0.0424. The minimum absolute atomic E-state index is 0.108. The summed E-state index contributed by atoms with van der Waals surface area (Å²) in [6, 6.07) is 1.83. The number of epoxide rings is 1. The number of ketones is 2. The van der Waals surface area contributed by atoms with Gasteiger partial charge in [-0.2, -0.15) is 0 Å². The molecule has 4 atom stereocenters. The summed E-state index contributed by atoms with van der Waals surface area (Å²) in [6.45, 7) is 6.13. The number of carbonyl (C=O) groups excluding carboxylic acids is 2. The fourth-order valence-electron chi connectivity index (χ4n) is 5.11. The molecule has 4 nitrogen and oxygen atoms in total. The largest absolute Gasteiger partial charge is 0.472 e. The number of ether oxygens (including phenoxy) is 1. The van der Waals surface area contributed by atoms with Crippen LogP contribution in [0.1, 0.15) is 45.1 Å². The zero-order valence-electron chi connectivity index (χ0n) is 11.9. The molecule has 0 N–H and O–H groups in total. The van der Waals surface area contributed by atoms with Gasteiger partial charge in [-0.1, -0.05) is 20.8 Å². The Morgan fingerprint density at radius 1 is 1.20 bits per heavy atom. The van der Waals surface area contributed by atoms with E-state index in [0.29, 0.717) is 12.8 Å². The summed E-state index contributed by atoms with van der Waals surface area (Å²) >= 11 is 0. The number of Topliss-reactive ketones (excluding diaryl/α,β-unsaturated/α-hetero) is 2. The van der Waals surface area contributed by atoms with Gasteiger partial charge < -0.3 is 9.15 Å². The first-order chi connectivity index (χ1) is 9.33. The molecule has 0 amide bonds. The Morgan fingerprint density at radius 2 is 1.95 bits per heavy atom. The Morgan fingerprint density at radius 3 is 2.60 bits per heavy atom. The topological polar surface area (TPSA) is 59.8 Å². The smallest absolute Gasteiger partial charge is 0.172 e. The molecule has 106 valence electrons. The normalized spacial score (nSPS) is 45.1. The summed E-state index contributed by atoms with van der Waals surface area (Å²) in [6.07, 6.45) is 3.76. The molecule has 1 aromatic heterocycles. The lowest BCUT2D eigenvalue weighted by Crippen LogP contribution is -2.53. The van der Waals surface area contributed by atoms with Crippen molar-refractivity contribution in [1.82, 2.24) is 0 Å². The van der Waals surface area contributed by atoms with Crippen molar-refractivity contribution < 1.29 is 18.7 Å². The van der Waals surface area contributed by atoms with Gasteiger partial charge >= 0.3 is 0 Å². The average molecular weight is 274 g/mol. The third kappa shape index (κ3) is 1.10. The minimum Gasteiger partial charge on any atom is -0.472 e. The number of furan rings is 1. The number of rotatable bonds is 1. The van der Waals surface area contributed by atoms with E-state index in [9.17, 15) is 9.59 Å². The molecule has 0 aromatic carbocycles. The predicted molar refractivity (Wildman–Crippen MR) is 70.2 cm³/mol. The van der Waals surface area contributed by atoms with Crippen molar-refractivity contribution in [2.45, 2.75) is 51.2 Å². The summed E-state index contributed by atoms with van der Waals surface area (Å²) in [7, 11) is 0. The van der Waals surface area contributed by atoms with Crippen LogP contribution >= 0.6 is 0 Å². The Kier molecular flexibility index (Phi) is 2.00. The molecule has 2 heterocycles. The molecule has 0 radical (unpaired) electrons. The molecular weight excluding hydrogens is 256 g/mol. The second kappa shape index (κ2) is 3.25. The molecule has 3 fully saturated rings. The van der Waals surface area contributed by atoms with Gasteiger partial charge in [0, 0.05) is 29.2 Å². The molecule has 4 heteroatoms. The van der Waals surface area contributed by atoms with Crippen LogP contribution in [0.15, 0.2) is 23.0 Å². The number of hydrogen-bond acceptors (Lipinski definition) is 4. The second-order valence-electron chi connectivity index (χ2n) is 7.32. The van der Waals surface area contributed by atoms with Crippen molar-refractivity contribution in [3.05, 3.63) is 24.2 Å². The van der Waals surface area contributed by atoms with Crippen molar-refractivity contribution in [3.8, 4) is 0 Å². The Balaban J connectivity index is 1.90. The maximum Gasteiger partial charge on any atom is 0.172 e. The van der Waals surface area contributed by atoms with Crippen LogP contribution in [0.5, 0.6) is 0 Å². The molecular formula is C16H18O4. The second-order valence-corrected chi connectivity index (χ2v) is 7.32. The summed E-state index contributed by atoms with van der Waals surface area (Å²) in [4.78, 5) is 24.9. The van der Waals surface area contributed by atoms with Crippen molar-refractivity contribution in [2.24, 2.45) is 10.8 Å². The molecule has 1 spiro atoms. The molecule has 20 heavy (non-hydrogen) atoms. The van der Waals surface area contributed by atoms with Crippen LogP contribution in [0.2, 0.25) is 0 Å². The van der Waals surface area contributed by atoms with E-state index >= 15 is 0 Å². The van der Waals surface area contributed by atoms with Crippen LogP contribution in [0.4, 0.5) is 0 Å². The Bertz CT molecular complexity index is 614. The van der Waals surface area contributed by atoms with Gasteiger partial charge in [0.15, 0.2) is 5.78 Å². The first kappa shape index (κ1) is 12.3. The van der Waals surface area contributed by atoms with E-state index in [-0.39, 0.29) is 29.0 Å². The number of carbonyl (C=O) groups is 2. The van der Waals surface area contributed by atoms with Gasteiger partial charge in [-0.05, 0) is 6.07 Å². The van der Waals surface area contributed by atoms with Crippen molar-refractivity contribution in [3.63, 3.8) is 0 Å². The maximum absolute atomic E-state index is 12.7. The van der Waals surface area contributed by atoms with E-state index in [2.05, 4.69) is 0 Å². The lowest BCUT2D eigenvalue weighted by Gasteiger charge is -2.48. The standard InChI is InChI=1S/C16H18O4/c1-14(2)6-10(17)7-15(3)11(9-4-5-19-8-9)12(18)13-16(14,15)20-13/h4-5,8,11,13H,6-7H2,1-3H3/t11-,13-,15+,16+/m1/s1. The maximum atomic E-state index is 12.7. The Hall–Kier alpha value is -1.42. The van der Waals surface area contributed by atoms with Crippen LogP contribution in [-0.2, 0) is 14.3 Å². The molecule has 0 unspecified atom stereocenters. The van der Waals surface area contributed by atoms with Crippen LogP contribution in [-0.4, -0.2) is 23.3 Å². The Labute approximate surface area is 117 Å². The van der Waals surface area contributed by atoms with Crippen molar-refractivity contribution >= 4 is 11.6 Å². The van der Waals surface area contributed by atoms with E-state index in [1.54, 1.807) is 12.5 Å². The highest BCUT2D eigenvalue weighted by atomic mass is 16.6. The van der Waals surface area contributed by atoms with Gasteiger partial charge in [0.05, 0.1) is 18.4 Å². The monoisotopic (exact) mass is 274 g/mol. The highest BCUT2D eigenvalue weighted by Gasteiger charge is 2.85. The van der Waals surface area contributed by atoms with Gasteiger partial charge in [0.2, 0.25) is 0 Å². The van der Waals surface area contributed by atoms with Gasteiger partial charge in [-0.3, -0.25) is 9.59 Å². The first-order valence-corrected chi connectivity index (χ1v) is 7.09. The minimum atomic E-state index is -0.479. The van der Waals surface area contributed by atoms with Crippen LogP contribution in [0.3, 0.4) is 0 Å². The predicted octanol–water partition coefficient (Wildman–Crippen LogP) is 2.48. The third-order valence-corrected chi connectivity index (χ3v) is 5.73. The van der Waals surface area contributed by atoms with Gasteiger partial charge in [-0.15, -0.1) is 0 Å². The van der Waals surface area contributed by atoms with Crippen molar-refractivity contribution in [2.75, 3.05) is 0 Å². The van der Waals surface area contributed by atoms with Gasteiger partial charge in [-0.25, -0.2) is 0 Å². The van der Waals surface area contributed by atoms with Crippen LogP contribution in [0, 0.1) is 10.8 Å². The fourth-order valence-corrected chi connectivity index (χ4v) is 5.11.